The summed E-state index contributed by atoms with van der Waals surface area (Å²) in [4.78, 5) is 44.0. The molecule has 0 atom stereocenters. The Balaban J connectivity index is 0.000000287. The number of nitrogen functional groups attached to an aromatic ring is 1. The number of carbonyl (C=O) groups excluding carboxylic acids is 3. The van der Waals surface area contributed by atoms with Crippen LogP contribution in [0, 0.1) is 46.6 Å². The number of benzene rings is 5. The number of hydrogen-bond acceptors (Lipinski definition) is 14. The minimum atomic E-state index is -0.985. The second-order valence-corrected chi connectivity index (χ2v) is 22.9. The number of halogens is 5. The fourth-order valence-electron chi connectivity index (χ4n) is 11.7. The van der Waals surface area contributed by atoms with Gasteiger partial charge in [0.15, 0.2) is 0 Å². The Kier molecular flexibility index (Phi) is 28.8. The molecular weight excluding hydrogens is 1220 g/mol. The maximum atomic E-state index is 14.0. The molecule has 0 spiro atoms. The Morgan fingerprint density at radius 1 is 0.465 bits per heavy atom. The van der Waals surface area contributed by atoms with Crippen LogP contribution in [0.1, 0.15) is 178 Å². The molecule has 15 nitrogen and oxygen atoms in total. The van der Waals surface area contributed by atoms with Crippen LogP contribution >= 0.6 is 0 Å². The molecule has 21 heteroatoms. The number of nitrogens with zero attached hydrogens (tertiary/aromatic N) is 1. The number of phenolic OH excluding ortho intramolecular Hbond substituents is 2. The molecule has 5 aromatic carbocycles. The second-order valence-electron chi connectivity index (χ2n) is 22.9. The summed E-state index contributed by atoms with van der Waals surface area (Å²) >= 11 is 0. The van der Waals surface area contributed by atoms with Crippen molar-refractivity contribution in [1.29, 1.82) is 0 Å². The molecule has 4 N–H and O–H groups in total. The zero-order valence-corrected chi connectivity index (χ0v) is 51.9. The summed E-state index contributed by atoms with van der Waals surface area (Å²) in [5.74, 6) is -1.29. The van der Waals surface area contributed by atoms with Crippen LogP contribution in [0.3, 0.4) is 0 Å². The minimum absolute atomic E-state index is 0. The Labute approximate surface area is 515 Å². The Morgan fingerprint density at radius 2 is 0.791 bits per heavy atom. The summed E-state index contributed by atoms with van der Waals surface area (Å²) in [6.07, 6.45) is 18.4. The van der Waals surface area contributed by atoms with Crippen LogP contribution in [0.2, 0.25) is 0 Å². The van der Waals surface area contributed by atoms with Gasteiger partial charge in [0.2, 0.25) is 5.82 Å². The van der Waals surface area contributed by atoms with E-state index >= 15 is 0 Å². The van der Waals surface area contributed by atoms with Crippen molar-refractivity contribution in [1.82, 2.24) is 0 Å². The van der Waals surface area contributed by atoms with E-state index in [9.17, 15) is 51.6 Å². The average Bonchev–Trinajstić information content (AvgIpc) is 1.50. The van der Waals surface area contributed by atoms with E-state index in [-0.39, 0.29) is 89.9 Å². The first-order chi connectivity index (χ1) is 39.8. The molecule has 86 heavy (non-hydrogen) atoms. The van der Waals surface area contributed by atoms with Crippen molar-refractivity contribution in [3.05, 3.63) is 154 Å². The zero-order valence-electron chi connectivity index (χ0n) is 50.3. The molecule has 9 rings (SSSR count). The van der Waals surface area contributed by atoms with Crippen molar-refractivity contribution < 1.29 is 100 Å². The number of nitro groups is 1. The molecule has 0 aliphatic heterocycles. The molecule has 5 aromatic rings. The second kappa shape index (κ2) is 33.8. The minimum Gasteiger partial charge on any atom is -0.508 e. The number of phenols is 2. The first-order valence-corrected chi connectivity index (χ1v) is 28.4. The van der Waals surface area contributed by atoms with Gasteiger partial charge in [-0.1, -0.05) is 105 Å². The molecule has 0 bridgehead atoms. The first kappa shape index (κ1) is 73.3. The van der Waals surface area contributed by atoms with Crippen LogP contribution in [0.4, 0.5) is 47.7 Å². The van der Waals surface area contributed by atoms with Gasteiger partial charge in [-0.05, 0) is 146 Å². The van der Waals surface area contributed by atoms with Gasteiger partial charge in [-0.3, -0.25) is 10.1 Å². The molecule has 4 fully saturated rings. The number of anilines is 1. The van der Waals surface area contributed by atoms with Crippen molar-refractivity contribution in [3.63, 3.8) is 0 Å². The number of hydrogen-bond donors (Lipinski definition) is 3. The number of rotatable bonds is 8. The molecule has 4 aliphatic rings. The van der Waals surface area contributed by atoms with Crippen LogP contribution in [-0.4, -0.2) is 54.9 Å². The van der Waals surface area contributed by atoms with E-state index < -0.39 is 40.7 Å². The largest absolute Gasteiger partial charge is 0.513 e. The van der Waals surface area contributed by atoms with Crippen LogP contribution < -0.4 is 19.9 Å². The van der Waals surface area contributed by atoms with E-state index in [2.05, 4.69) is 35.0 Å². The topological polar surface area (TPSA) is 216 Å². The van der Waals surface area contributed by atoms with E-state index in [0.717, 1.165) is 127 Å². The number of aromatic hydroxyl groups is 2. The van der Waals surface area contributed by atoms with E-state index in [4.69, 9.17) is 25.1 Å². The molecule has 476 valence electrons. The summed E-state index contributed by atoms with van der Waals surface area (Å²) in [6.45, 7) is 8.25. The van der Waals surface area contributed by atoms with E-state index in [1.807, 2.05) is 6.92 Å². The van der Waals surface area contributed by atoms with Gasteiger partial charge in [0, 0.05) is 48.7 Å². The Hall–Kier alpha value is -6.98. The monoisotopic (exact) mass is 1300 g/mol. The van der Waals surface area contributed by atoms with Crippen molar-refractivity contribution >= 4 is 29.8 Å². The average molecular weight is 1300 g/mol. The molecule has 0 saturated heterocycles. The smallest absolute Gasteiger partial charge is 0.508 e. The van der Waals surface area contributed by atoms with E-state index in [0.29, 0.717) is 22.6 Å². The molecule has 0 unspecified atom stereocenters. The molecule has 0 amide bonds. The molecular formula is C65H82F5N2O13Pd-. The van der Waals surface area contributed by atoms with Gasteiger partial charge >= 0.3 is 24.2 Å². The quantitative estimate of drug-likeness (QED) is 0.0152. The summed E-state index contributed by atoms with van der Waals surface area (Å²) in [5.41, 5.74) is 6.77. The maximum absolute atomic E-state index is 14.0. The Bertz CT molecular complexity index is 2990. The fourth-order valence-corrected chi connectivity index (χ4v) is 11.7. The zero-order chi connectivity index (χ0) is 61.8. The number of nitro benzene ring substituents is 1. The summed E-state index contributed by atoms with van der Waals surface area (Å²) in [7, 11) is 3.63. The predicted molar refractivity (Wildman–Crippen MR) is 314 cm³/mol. The van der Waals surface area contributed by atoms with Crippen molar-refractivity contribution in [3.8, 4) is 28.7 Å². The van der Waals surface area contributed by atoms with Crippen LogP contribution in [0.15, 0.2) is 84.9 Å². The van der Waals surface area contributed by atoms with Crippen LogP contribution in [0.25, 0.3) is 0 Å². The molecule has 4 aliphatic carbocycles. The summed E-state index contributed by atoms with van der Waals surface area (Å²) < 4.78 is 95.2. The van der Waals surface area contributed by atoms with Crippen LogP contribution in [0.5, 0.6) is 28.7 Å². The maximum Gasteiger partial charge on any atom is 0.513 e. The third-order valence-electron chi connectivity index (χ3n) is 16.6. The van der Waals surface area contributed by atoms with Gasteiger partial charge in [0.1, 0.15) is 52.0 Å². The number of methoxy groups -OCH3 is 3. The van der Waals surface area contributed by atoms with Crippen LogP contribution in [-0.2, 0) is 56.3 Å². The third kappa shape index (κ3) is 20.6. The normalized spacial score (nSPS) is 16.7. The SMILES string of the molecule is CC1(c2cc(F)ccc2O)CCCCC1.COC(=O)Oc1cc(N)c(F)cc1C1(C)CCCCC1.COC(=O)Oc1cc([N+](=O)[O-])c(F)cc1C1(C)CCCCC1.COC(=O)Oc1ccc(F)cc1C1(C)CCCCC1.Oc1ccc(F)cc1.[CH3-].[Pd]. The van der Waals surface area contributed by atoms with Gasteiger partial charge in [0.25, 0.3) is 0 Å². The van der Waals surface area contributed by atoms with E-state index in [1.165, 1.54) is 119 Å². The number of carbonyl (C=O) groups is 3. The Morgan fingerprint density at radius 3 is 1.17 bits per heavy atom. The van der Waals surface area contributed by atoms with Gasteiger partial charge in [-0.25, -0.2) is 31.9 Å². The van der Waals surface area contributed by atoms with Gasteiger partial charge in [0.05, 0.1) is 38.0 Å². The summed E-state index contributed by atoms with van der Waals surface area (Å²) in [5, 5.41) is 29.3. The van der Waals surface area contributed by atoms with Crippen molar-refractivity contribution in [2.75, 3.05) is 27.1 Å². The standard InChI is InChI=1S/C15H18FNO5.C15H20FNO3.C15H19FO3.C13H17FO.C6H5FO.CH3.Pd/c1-15(6-4-3-5-7-15)10-8-11(16)12(17(19)20)9-13(10)22-14(18)21-2;1-15(6-4-3-5-7-15)10-8-11(16)12(17)9-13(10)20-14(18)19-2;1-15(8-4-3-5-9-15)12-10-11(16)6-7-13(12)19-14(17)18-2;1-13(7-3-2-4-8-13)11-9-10(14)5-6-12(11)15;7-5-1-3-6(8)4-2-5;;/h8-9H,3-7H2,1-2H3;8-9H,3-7,17H2,1-2H3;6-7,10H,3-5,8-9H2,1-2H3;5-6,9,15H,2-4,7-8H2,1H3;1-4,8H;1H3;/q;;;;;-1;. The van der Waals surface area contributed by atoms with Gasteiger partial charge in [-0.2, -0.15) is 4.39 Å². The molecule has 0 heterocycles. The number of nitrogens with two attached hydrogens (primary N) is 1. The van der Waals surface area contributed by atoms with Gasteiger partial charge < -0.3 is 51.8 Å². The van der Waals surface area contributed by atoms with Crippen molar-refractivity contribution in [2.24, 2.45) is 0 Å². The third-order valence-corrected chi connectivity index (χ3v) is 16.6. The van der Waals surface area contributed by atoms with Gasteiger partial charge in [-0.15, -0.1) is 0 Å². The van der Waals surface area contributed by atoms with E-state index in [1.54, 1.807) is 0 Å². The predicted octanol–water partition coefficient (Wildman–Crippen LogP) is 17.8. The fraction of sp³-hybridized carbons (Fsp3) is 0.477. The molecule has 4 saturated carbocycles. The van der Waals surface area contributed by atoms with Crippen molar-refractivity contribution in [2.45, 2.75) is 178 Å². The summed E-state index contributed by atoms with van der Waals surface area (Å²) in [6, 6.07) is 18.4. The molecule has 0 radical (unpaired) electrons. The number of ether oxygens (including phenoxy) is 6. The first-order valence-electron chi connectivity index (χ1n) is 28.4. The molecule has 0 aromatic heterocycles.